The Bertz CT molecular complexity index is 826. The summed E-state index contributed by atoms with van der Waals surface area (Å²) in [5, 5.41) is 3.06. The van der Waals surface area contributed by atoms with Gasteiger partial charge in [0.05, 0.1) is 11.7 Å². The van der Waals surface area contributed by atoms with E-state index in [0.29, 0.717) is 6.54 Å². The van der Waals surface area contributed by atoms with E-state index in [-0.39, 0.29) is 11.9 Å². The monoisotopic (exact) mass is 336 g/mol. The van der Waals surface area contributed by atoms with E-state index < -0.39 is 0 Å². The van der Waals surface area contributed by atoms with E-state index in [4.69, 9.17) is 0 Å². The molecule has 0 aliphatic carbocycles. The lowest BCUT2D eigenvalue weighted by atomic mass is 10.1. The van der Waals surface area contributed by atoms with Crippen molar-refractivity contribution in [2.75, 3.05) is 20.6 Å². The number of fused-ring (bicyclic) bond motifs is 1. The van der Waals surface area contributed by atoms with Gasteiger partial charge in [-0.05, 0) is 38.2 Å². The Labute approximate surface area is 148 Å². The number of imidazole rings is 1. The van der Waals surface area contributed by atoms with Gasteiger partial charge in [0, 0.05) is 19.2 Å². The summed E-state index contributed by atoms with van der Waals surface area (Å²) in [5.74, 6) is 1.06. The third-order valence-corrected chi connectivity index (χ3v) is 4.27. The van der Waals surface area contributed by atoms with Crippen LogP contribution in [0.4, 0.5) is 0 Å². The molecule has 0 aliphatic rings. The highest BCUT2D eigenvalue weighted by Gasteiger charge is 2.22. The van der Waals surface area contributed by atoms with Crippen molar-refractivity contribution < 1.29 is 4.79 Å². The predicted octanol–water partition coefficient (Wildman–Crippen LogP) is 2.69. The molecule has 130 valence electrons. The lowest BCUT2D eigenvalue weighted by Gasteiger charge is -2.23. The standard InChI is InChI=1S/C20H24N4O/c1-23(2)19(16-9-4-3-5-10-16)20(25)21-13-8-12-18-22-15-17-11-6-7-14-24(17)18/h3-7,9-11,14-15,19H,8,12-13H2,1-2H3,(H,21,25). The van der Waals surface area contributed by atoms with Gasteiger partial charge in [0.2, 0.25) is 5.91 Å². The summed E-state index contributed by atoms with van der Waals surface area (Å²) in [4.78, 5) is 19.0. The van der Waals surface area contributed by atoms with Crippen LogP contribution in [0, 0.1) is 0 Å². The van der Waals surface area contributed by atoms with Gasteiger partial charge in [0.15, 0.2) is 0 Å². The van der Waals surface area contributed by atoms with Gasteiger partial charge in [-0.25, -0.2) is 4.98 Å². The lowest BCUT2D eigenvalue weighted by Crippen LogP contribution is -2.37. The van der Waals surface area contributed by atoms with Crippen molar-refractivity contribution in [3.05, 3.63) is 72.3 Å². The summed E-state index contributed by atoms with van der Waals surface area (Å²) in [6.07, 6.45) is 5.59. The average molecular weight is 336 g/mol. The van der Waals surface area contributed by atoms with Crippen molar-refractivity contribution in [3.8, 4) is 0 Å². The molecule has 2 aromatic heterocycles. The Morgan fingerprint density at radius 2 is 1.92 bits per heavy atom. The summed E-state index contributed by atoms with van der Waals surface area (Å²) in [7, 11) is 3.85. The number of pyridine rings is 1. The molecule has 1 atom stereocenters. The lowest BCUT2D eigenvalue weighted by molar-refractivity contribution is -0.125. The molecule has 0 fully saturated rings. The molecule has 0 spiro atoms. The van der Waals surface area contributed by atoms with Crippen LogP contribution < -0.4 is 5.32 Å². The van der Waals surface area contributed by atoms with Crippen LogP contribution in [0.15, 0.2) is 60.9 Å². The third-order valence-electron chi connectivity index (χ3n) is 4.27. The number of likely N-dealkylation sites (N-methyl/N-ethyl adjacent to an activating group) is 1. The molecule has 3 rings (SSSR count). The topological polar surface area (TPSA) is 49.6 Å². The SMILES string of the molecule is CN(C)C(C(=O)NCCCc1ncc2ccccn12)c1ccccc1. The zero-order valence-corrected chi connectivity index (χ0v) is 14.7. The van der Waals surface area contributed by atoms with Crippen LogP contribution in [-0.4, -0.2) is 40.8 Å². The van der Waals surface area contributed by atoms with E-state index in [0.717, 1.165) is 29.7 Å². The Hall–Kier alpha value is -2.66. The summed E-state index contributed by atoms with van der Waals surface area (Å²) in [6.45, 7) is 0.637. The number of nitrogens with one attached hydrogen (secondary N) is 1. The summed E-state index contributed by atoms with van der Waals surface area (Å²) < 4.78 is 2.09. The Morgan fingerprint density at radius 3 is 2.68 bits per heavy atom. The van der Waals surface area contributed by atoms with E-state index in [1.54, 1.807) is 0 Å². The van der Waals surface area contributed by atoms with Gasteiger partial charge in [0.1, 0.15) is 11.9 Å². The fraction of sp³-hybridized carbons (Fsp3) is 0.300. The maximum Gasteiger partial charge on any atom is 0.241 e. The molecule has 0 radical (unpaired) electrons. The predicted molar refractivity (Wildman–Crippen MR) is 99.4 cm³/mol. The van der Waals surface area contributed by atoms with Gasteiger partial charge < -0.3 is 9.72 Å². The molecular formula is C20H24N4O. The molecule has 1 amide bonds. The quantitative estimate of drug-likeness (QED) is 0.675. The van der Waals surface area contributed by atoms with Crippen LogP contribution in [0.5, 0.6) is 0 Å². The first-order valence-electron chi connectivity index (χ1n) is 8.57. The highest BCUT2D eigenvalue weighted by Crippen LogP contribution is 2.17. The Kier molecular flexibility index (Phi) is 5.46. The molecule has 5 heteroatoms. The molecule has 1 N–H and O–H groups in total. The van der Waals surface area contributed by atoms with E-state index in [2.05, 4.69) is 14.7 Å². The van der Waals surface area contributed by atoms with Crippen LogP contribution in [0.2, 0.25) is 0 Å². The number of nitrogens with zero attached hydrogens (tertiary/aromatic N) is 3. The fourth-order valence-electron chi connectivity index (χ4n) is 3.06. The maximum atomic E-state index is 12.6. The van der Waals surface area contributed by atoms with E-state index in [1.807, 2.05) is 79.9 Å². The summed E-state index contributed by atoms with van der Waals surface area (Å²) in [6, 6.07) is 15.6. The molecule has 0 aliphatic heterocycles. The molecule has 5 nitrogen and oxygen atoms in total. The third kappa shape index (κ3) is 4.06. The number of hydrogen-bond donors (Lipinski definition) is 1. The van der Waals surface area contributed by atoms with Crippen LogP contribution in [0.25, 0.3) is 5.52 Å². The van der Waals surface area contributed by atoms with Gasteiger partial charge >= 0.3 is 0 Å². The first-order valence-corrected chi connectivity index (χ1v) is 8.57. The van der Waals surface area contributed by atoms with Crippen LogP contribution in [-0.2, 0) is 11.2 Å². The molecule has 0 saturated carbocycles. The minimum absolute atomic E-state index is 0.0316. The van der Waals surface area contributed by atoms with E-state index in [1.165, 1.54) is 0 Å². The van der Waals surface area contributed by atoms with Crippen molar-refractivity contribution in [3.63, 3.8) is 0 Å². The van der Waals surface area contributed by atoms with Gasteiger partial charge in [-0.15, -0.1) is 0 Å². The van der Waals surface area contributed by atoms with E-state index in [9.17, 15) is 4.79 Å². The maximum absolute atomic E-state index is 12.6. The second-order valence-electron chi connectivity index (χ2n) is 6.34. The number of benzene rings is 1. The summed E-state index contributed by atoms with van der Waals surface area (Å²) in [5.41, 5.74) is 2.10. The van der Waals surface area contributed by atoms with Gasteiger partial charge in [-0.2, -0.15) is 0 Å². The molecule has 0 saturated heterocycles. The highest BCUT2D eigenvalue weighted by atomic mass is 16.2. The number of carbonyl (C=O) groups is 1. The number of aryl methyl sites for hydroxylation is 1. The first kappa shape index (κ1) is 17.2. The van der Waals surface area contributed by atoms with Gasteiger partial charge in [-0.1, -0.05) is 36.4 Å². The Morgan fingerprint density at radius 1 is 1.16 bits per heavy atom. The number of hydrogen-bond acceptors (Lipinski definition) is 3. The van der Waals surface area contributed by atoms with Crippen LogP contribution in [0.3, 0.4) is 0 Å². The second-order valence-corrected chi connectivity index (χ2v) is 6.34. The highest BCUT2D eigenvalue weighted by molar-refractivity contribution is 5.83. The van der Waals surface area contributed by atoms with Crippen molar-refractivity contribution in [2.24, 2.45) is 0 Å². The molecule has 3 aromatic rings. The van der Waals surface area contributed by atoms with Gasteiger partial charge in [0.25, 0.3) is 0 Å². The van der Waals surface area contributed by atoms with Crippen molar-refractivity contribution in [2.45, 2.75) is 18.9 Å². The van der Waals surface area contributed by atoms with Crippen LogP contribution in [0.1, 0.15) is 23.9 Å². The zero-order valence-electron chi connectivity index (χ0n) is 14.7. The van der Waals surface area contributed by atoms with E-state index >= 15 is 0 Å². The van der Waals surface area contributed by atoms with Crippen LogP contribution >= 0.6 is 0 Å². The molecule has 25 heavy (non-hydrogen) atoms. The molecule has 1 aromatic carbocycles. The van der Waals surface area contributed by atoms with Gasteiger partial charge in [-0.3, -0.25) is 9.69 Å². The second kappa shape index (κ2) is 7.94. The van der Waals surface area contributed by atoms with Crippen molar-refractivity contribution in [1.29, 1.82) is 0 Å². The fourth-order valence-corrected chi connectivity index (χ4v) is 3.06. The minimum atomic E-state index is -0.270. The number of carbonyl (C=O) groups excluding carboxylic acids is 1. The zero-order chi connectivity index (χ0) is 17.6. The minimum Gasteiger partial charge on any atom is -0.354 e. The number of amides is 1. The Balaban J connectivity index is 1.55. The molecule has 0 bridgehead atoms. The molecule has 2 heterocycles. The van der Waals surface area contributed by atoms with Crippen molar-refractivity contribution >= 4 is 11.4 Å². The molecule has 1 unspecified atom stereocenters. The average Bonchev–Trinajstić information content (AvgIpc) is 3.03. The largest absolute Gasteiger partial charge is 0.354 e. The summed E-state index contributed by atoms with van der Waals surface area (Å²) >= 11 is 0. The number of rotatable bonds is 7. The first-order chi connectivity index (χ1) is 12.2. The van der Waals surface area contributed by atoms with Crippen molar-refractivity contribution in [1.82, 2.24) is 19.6 Å². The molecular weight excluding hydrogens is 312 g/mol. The normalized spacial score (nSPS) is 12.4. The number of aromatic nitrogens is 2. The smallest absolute Gasteiger partial charge is 0.241 e.